The molecule has 0 aromatic carbocycles. The van der Waals surface area contributed by atoms with Crippen molar-refractivity contribution in [2.24, 2.45) is 0 Å². The molecule has 3 heterocycles. The summed E-state index contributed by atoms with van der Waals surface area (Å²) >= 11 is 2.00. The summed E-state index contributed by atoms with van der Waals surface area (Å²) in [4.78, 5) is 3.10. The lowest BCUT2D eigenvalue weighted by Crippen LogP contribution is -2.48. The molecule has 17 heavy (non-hydrogen) atoms. The Balaban J connectivity index is 1.99. The molecule has 2 atom stereocenters. The van der Waals surface area contributed by atoms with Crippen molar-refractivity contribution in [1.29, 1.82) is 0 Å². The van der Waals surface area contributed by atoms with E-state index in [1.54, 1.807) is 4.88 Å². The van der Waals surface area contributed by atoms with Crippen LogP contribution in [0, 0.1) is 0 Å². The van der Waals surface area contributed by atoms with Crippen molar-refractivity contribution < 1.29 is 4.74 Å². The number of hydrogen-bond donors (Lipinski definition) is 1. The Morgan fingerprint density at radius 1 is 1.59 bits per heavy atom. The smallest absolute Gasteiger partial charge is 0.0969 e. The summed E-state index contributed by atoms with van der Waals surface area (Å²) in [6.45, 7) is 6.50. The van der Waals surface area contributed by atoms with E-state index in [0.29, 0.717) is 6.04 Å². The van der Waals surface area contributed by atoms with Gasteiger partial charge in [-0.3, -0.25) is 0 Å². The van der Waals surface area contributed by atoms with Crippen molar-refractivity contribution in [1.82, 2.24) is 5.32 Å². The highest BCUT2D eigenvalue weighted by atomic mass is 32.1. The van der Waals surface area contributed by atoms with Gasteiger partial charge in [0.2, 0.25) is 0 Å². The predicted octanol–water partition coefficient (Wildman–Crippen LogP) is 2.85. The Kier molecular flexibility index (Phi) is 3.01. The van der Waals surface area contributed by atoms with Gasteiger partial charge in [-0.25, -0.2) is 0 Å². The second-order valence-electron chi connectivity index (χ2n) is 5.31. The number of piperidine rings is 1. The standard InChI is InChI=1S/C14H21NOS/c1-3-11-8-12-13(17-11)4-7-16-14(12)5-6-15-10(2)9-14/h8,10,15H,3-7,9H2,1-2H3/t10-,14+/m1/s1. The van der Waals surface area contributed by atoms with Crippen molar-refractivity contribution in [3.05, 3.63) is 21.4 Å². The molecule has 0 amide bonds. The maximum absolute atomic E-state index is 6.23. The second kappa shape index (κ2) is 4.38. The van der Waals surface area contributed by atoms with Gasteiger partial charge in [-0.1, -0.05) is 6.92 Å². The van der Waals surface area contributed by atoms with Crippen LogP contribution in [0.25, 0.3) is 0 Å². The van der Waals surface area contributed by atoms with Crippen LogP contribution in [-0.2, 0) is 23.2 Å². The molecule has 1 spiro atoms. The Labute approximate surface area is 107 Å². The molecule has 0 unspecified atom stereocenters. The van der Waals surface area contributed by atoms with Crippen molar-refractivity contribution in [2.45, 2.75) is 51.2 Å². The van der Waals surface area contributed by atoms with Gasteiger partial charge in [-0.2, -0.15) is 0 Å². The fourth-order valence-electron chi connectivity index (χ4n) is 3.21. The number of ether oxygens (including phenoxy) is 1. The molecule has 1 N–H and O–H groups in total. The van der Waals surface area contributed by atoms with Crippen molar-refractivity contribution in [3.8, 4) is 0 Å². The Bertz CT molecular complexity index is 414. The minimum Gasteiger partial charge on any atom is -0.370 e. The molecule has 3 heteroatoms. The number of hydrogen-bond acceptors (Lipinski definition) is 3. The van der Waals surface area contributed by atoms with E-state index in [1.807, 2.05) is 11.3 Å². The minimum absolute atomic E-state index is 0.0299. The molecular weight excluding hydrogens is 230 g/mol. The van der Waals surface area contributed by atoms with Crippen LogP contribution in [0.4, 0.5) is 0 Å². The predicted molar refractivity (Wildman–Crippen MR) is 71.7 cm³/mol. The molecule has 1 saturated heterocycles. The Hall–Kier alpha value is -0.380. The van der Waals surface area contributed by atoms with E-state index in [2.05, 4.69) is 25.2 Å². The monoisotopic (exact) mass is 251 g/mol. The van der Waals surface area contributed by atoms with E-state index in [1.165, 1.54) is 10.4 Å². The van der Waals surface area contributed by atoms with E-state index >= 15 is 0 Å². The largest absolute Gasteiger partial charge is 0.370 e. The summed E-state index contributed by atoms with van der Waals surface area (Å²) in [7, 11) is 0. The number of fused-ring (bicyclic) bond motifs is 2. The van der Waals surface area contributed by atoms with Crippen LogP contribution in [0.5, 0.6) is 0 Å². The average Bonchev–Trinajstić information content (AvgIpc) is 2.74. The van der Waals surface area contributed by atoms with Gasteiger partial charge in [0.25, 0.3) is 0 Å². The molecule has 1 aromatic heterocycles. The summed E-state index contributed by atoms with van der Waals surface area (Å²) in [5.74, 6) is 0. The molecule has 0 bridgehead atoms. The summed E-state index contributed by atoms with van der Waals surface area (Å²) in [5, 5.41) is 3.53. The van der Waals surface area contributed by atoms with Gasteiger partial charge in [-0.15, -0.1) is 11.3 Å². The van der Waals surface area contributed by atoms with Crippen LogP contribution in [0.2, 0.25) is 0 Å². The van der Waals surface area contributed by atoms with E-state index in [9.17, 15) is 0 Å². The van der Waals surface area contributed by atoms with Crippen LogP contribution >= 0.6 is 11.3 Å². The summed E-state index contributed by atoms with van der Waals surface area (Å²) < 4.78 is 6.23. The first-order valence-corrected chi connectivity index (χ1v) is 7.54. The van der Waals surface area contributed by atoms with Crippen LogP contribution < -0.4 is 5.32 Å². The van der Waals surface area contributed by atoms with Crippen LogP contribution in [0.1, 0.15) is 42.0 Å². The zero-order chi connectivity index (χ0) is 11.9. The first-order chi connectivity index (χ1) is 8.23. The van der Waals surface area contributed by atoms with E-state index in [4.69, 9.17) is 4.74 Å². The highest BCUT2D eigenvalue weighted by Crippen LogP contribution is 2.44. The fourth-order valence-corrected chi connectivity index (χ4v) is 4.39. The van der Waals surface area contributed by atoms with Crippen molar-refractivity contribution >= 4 is 11.3 Å². The topological polar surface area (TPSA) is 21.3 Å². The fraction of sp³-hybridized carbons (Fsp3) is 0.714. The van der Waals surface area contributed by atoms with Crippen molar-refractivity contribution in [2.75, 3.05) is 13.2 Å². The molecule has 2 aliphatic rings. The minimum atomic E-state index is 0.0299. The quantitative estimate of drug-likeness (QED) is 0.828. The molecule has 1 fully saturated rings. The second-order valence-corrected chi connectivity index (χ2v) is 6.53. The number of rotatable bonds is 1. The molecule has 94 valence electrons. The molecule has 3 rings (SSSR count). The van der Waals surface area contributed by atoms with Gasteiger partial charge in [0, 0.05) is 22.2 Å². The highest BCUT2D eigenvalue weighted by Gasteiger charge is 2.41. The van der Waals surface area contributed by atoms with Crippen LogP contribution in [-0.4, -0.2) is 19.2 Å². The number of aryl methyl sites for hydroxylation is 1. The third-order valence-corrected chi connectivity index (χ3v) is 5.40. The normalized spacial score (nSPS) is 32.7. The summed E-state index contributed by atoms with van der Waals surface area (Å²) in [6.07, 6.45) is 4.52. The van der Waals surface area contributed by atoms with Crippen LogP contribution in [0.15, 0.2) is 6.07 Å². The van der Waals surface area contributed by atoms with Gasteiger partial charge in [0.15, 0.2) is 0 Å². The SMILES string of the molecule is CCc1cc2c(s1)CCO[C@]21CCN[C@H](C)C1. The molecule has 2 nitrogen and oxygen atoms in total. The first-order valence-electron chi connectivity index (χ1n) is 6.73. The van der Waals surface area contributed by atoms with Crippen molar-refractivity contribution in [3.63, 3.8) is 0 Å². The first kappa shape index (κ1) is 11.7. The third kappa shape index (κ3) is 1.94. The molecular formula is C14H21NOS. The number of nitrogens with one attached hydrogen (secondary N) is 1. The number of thiophene rings is 1. The zero-order valence-corrected chi connectivity index (χ0v) is 11.5. The van der Waals surface area contributed by atoms with E-state index in [-0.39, 0.29) is 5.60 Å². The lowest BCUT2D eigenvalue weighted by atomic mass is 9.80. The van der Waals surface area contributed by atoms with Crippen LogP contribution in [0.3, 0.4) is 0 Å². The van der Waals surface area contributed by atoms with Gasteiger partial charge < -0.3 is 10.1 Å². The third-order valence-electron chi connectivity index (χ3n) is 4.06. The maximum atomic E-state index is 6.23. The Morgan fingerprint density at radius 2 is 2.47 bits per heavy atom. The van der Waals surface area contributed by atoms with E-state index in [0.717, 1.165) is 38.8 Å². The van der Waals surface area contributed by atoms with Gasteiger partial charge in [0.1, 0.15) is 0 Å². The Morgan fingerprint density at radius 3 is 3.24 bits per heavy atom. The maximum Gasteiger partial charge on any atom is 0.0969 e. The van der Waals surface area contributed by atoms with Gasteiger partial charge in [0.05, 0.1) is 12.2 Å². The lowest BCUT2D eigenvalue weighted by molar-refractivity contribution is -0.0870. The van der Waals surface area contributed by atoms with Gasteiger partial charge in [-0.05, 0) is 44.4 Å². The summed E-state index contributed by atoms with van der Waals surface area (Å²) in [5.41, 5.74) is 1.54. The van der Waals surface area contributed by atoms with Gasteiger partial charge >= 0.3 is 0 Å². The zero-order valence-electron chi connectivity index (χ0n) is 10.7. The highest BCUT2D eigenvalue weighted by molar-refractivity contribution is 7.12. The molecule has 0 radical (unpaired) electrons. The molecule has 1 aromatic rings. The molecule has 2 aliphatic heterocycles. The average molecular weight is 251 g/mol. The summed E-state index contributed by atoms with van der Waals surface area (Å²) in [6, 6.07) is 2.98. The lowest BCUT2D eigenvalue weighted by Gasteiger charge is -2.43. The molecule has 0 aliphatic carbocycles. The van der Waals surface area contributed by atoms with E-state index < -0.39 is 0 Å². The molecule has 0 saturated carbocycles.